The van der Waals surface area contributed by atoms with Crippen molar-refractivity contribution in [3.05, 3.63) is 50.9 Å². The molecule has 5 heteroatoms. The van der Waals surface area contributed by atoms with Crippen molar-refractivity contribution in [2.24, 2.45) is 5.73 Å². The third kappa shape index (κ3) is 3.06. The van der Waals surface area contributed by atoms with E-state index in [4.69, 9.17) is 10.5 Å². The lowest BCUT2D eigenvalue weighted by Crippen LogP contribution is -2.17. The molecule has 0 aliphatic carbocycles. The SMILES string of the molecule is NCC(Oc1ccc(Br)cc1F)c1cccs1. The first-order chi connectivity index (χ1) is 8.20. The zero-order valence-electron chi connectivity index (χ0n) is 8.90. The molecule has 0 saturated heterocycles. The van der Waals surface area contributed by atoms with E-state index in [1.54, 1.807) is 23.5 Å². The standard InChI is InChI=1S/C12H11BrFNOS/c13-8-3-4-10(9(14)6-8)16-11(7-15)12-2-1-5-17-12/h1-6,11H,7,15H2. The Morgan fingerprint density at radius 1 is 1.41 bits per heavy atom. The summed E-state index contributed by atoms with van der Waals surface area (Å²) >= 11 is 4.75. The molecule has 0 bridgehead atoms. The van der Waals surface area contributed by atoms with Gasteiger partial charge in [0.2, 0.25) is 0 Å². The minimum absolute atomic E-state index is 0.219. The largest absolute Gasteiger partial charge is 0.480 e. The van der Waals surface area contributed by atoms with Crippen molar-refractivity contribution >= 4 is 27.3 Å². The van der Waals surface area contributed by atoms with Crippen LogP contribution in [0.15, 0.2) is 40.2 Å². The summed E-state index contributed by atoms with van der Waals surface area (Å²) in [5.74, 6) is -0.175. The Bertz CT molecular complexity index is 489. The molecule has 0 aliphatic heterocycles. The molecule has 0 saturated carbocycles. The molecule has 0 radical (unpaired) electrons. The van der Waals surface area contributed by atoms with E-state index in [2.05, 4.69) is 15.9 Å². The molecule has 2 aromatic rings. The zero-order valence-corrected chi connectivity index (χ0v) is 11.3. The normalized spacial score (nSPS) is 12.4. The summed E-state index contributed by atoms with van der Waals surface area (Å²) in [6, 6.07) is 8.55. The maximum absolute atomic E-state index is 13.6. The molecule has 90 valence electrons. The highest BCUT2D eigenvalue weighted by Gasteiger charge is 2.14. The van der Waals surface area contributed by atoms with Gasteiger partial charge in [-0.15, -0.1) is 11.3 Å². The molecular formula is C12H11BrFNOS. The summed E-state index contributed by atoms with van der Waals surface area (Å²) < 4.78 is 19.9. The van der Waals surface area contributed by atoms with Crippen LogP contribution in [0.2, 0.25) is 0 Å². The van der Waals surface area contributed by atoms with Gasteiger partial charge in [-0.3, -0.25) is 0 Å². The smallest absolute Gasteiger partial charge is 0.166 e. The van der Waals surface area contributed by atoms with Crippen LogP contribution in [-0.2, 0) is 0 Å². The molecule has 1 aromatic heterocycles. The van der Waals surface area contributed by atoms with Crippen LogP contribution in [-0.4, -0.2) is 6.54 Å². The number of thiophene rings is 1. The lowest BCUT2D eigenvalue weighted by Gasteiger charge is -2.16. The van der Waals surface area contributed by atoms with Gasteiger partial charge < -0.3 is 10.5 Å². The van der Waals surface area contributed by atoms with Gasteiger partial charge in [-0.25, -0.2) is 4.39 Å². The molecule has 1 heterocycles. The molecule has 17 heavy (non-hydrogen) atoms. The third-order valence-electron chi connectivity index (χ3n) is 2.24. The fourth-order valence-corrected chi connectivity index (χ4v) is 2.52. The van der Waals surface area contributed by atoms with Gasteiger partial charge in [0.1, 0.15) is 6.10 Å². The van der Waals surface area contributed by atoms with Crippen LogP contribution in [0.4, 0.5) is 4.39 Å². The van der Waals surface area contributed by atoms with E-state index >= 15 is 0 Å². The molecule has 1 atom stereocenters. The molecule has 2 nitrogen and oxygen atoms in total. The van der Waals surface area contributed by atoms with Crippen molar-refractivity contribution < 1.29 is 9.13 Å². The predicted octanol–water partition coefficient (Wildman–Crippen LogP) is 3.73. The van der Waals surface area contributed by atoms with E-state index in [0.29, 0.717) is 11.0 Å². The Morgan fingerprint density at radius 2 is 2.24 bits per heavy atom. The van der Waals surface area contributed by atoms with Gasteiger partial charge >= 0.3 is 0 Å². The van der Waals surface area contributed by atoms with Crippen LogP contribution in [0.25, 0.3) is 0 Å². The maximum atomic E-state index is 13.6. The summed E-state index contributed by atoms with van der Waals surface area (Å²) in [7, 11) is 0. The van der Waals surface area contributed by atoms with Crippen molar-refractivity contribution in [1.29, 1.82) is 0 Å². The van der Waals surface area contributed by atoms with Gasteiger partial charge in [-0.2, -0.15) is 0 Å². The Kier molecular flexibility index (Phi) is 4.15. The molecular weight excluding hydrogens is 305 g/mol. The molecule has 2 N–H and O–H groups in total. The lowest BCUT2D eigenvalue weighted by molar-refractivity contribution is 0.208. The summed E-state index contributed by atoms with van der Waals surface area (Å²) in [4.78, 5) is 0.995. The molecule has 0 spiro atoms. The van der Waals surface area contributed by atoms with Gasteiger partial charge in [-0.1, -0.05) is 22.0 Å². The van der Waals surface area contributed by atoms with E-state index in [1.807, 2.05) is 17.5 Å². The first kappa shape index (κ1) is 12.5. The molecule has 0 aliphatic rings. The first-order valence-corrected chi connectivity index (χ1v) is 6.73. The average molecular weight is 316 g/mol. The van der Waals surface area contributed by atoms with Crippen molar-refractivity contribution in [3.63, 3.8) is 0 Å². The van der Waals surface area contributed by atoms with E-state index in [-0.39, 0.29) is 11.9 Å². The summed E-state index contributed by atoms with van der Waals surface area (Å²) in [5, 5.41) is 1.94. The summed E-state index contributed by atoms with van der Waals surface area (Å²) in [6.45, 7) is 0.315. The average Bonchev–Trinajstić information content (AvgIpc) is 2.81. The van der Waals surface area contributed by atoms with Crippen molar-refractivity contribution in [2.45, 2.75) is 6.10 Å². The maximum Gasteiger partial charge on any atom is 0.166 e. The number of ether oxygens (including phenoxy) is 1. The highest BCUT2D eigenvalue weighted by molar-refractivity contribution is 9.10. The Hall–Kier alpha value is -0.910. The van der Waals surface area contributed by atoms with Crippen LogP contribution >= 0.6 is 27.3 Å². The zero-order chi connectivity index (χ0) is 12.3. The van der Waals surface area contributed by atoms with Crippen molar-refractivity contribution in [2.75, 3.05) is 6.54 Å². The highest BCUT2D eigenvalue weighted by Crippen LogP contribution is 2.28. The quantitative estimate of drug-likeness (QED) is 0.933. The second-order valence-corrected chi connectivity index (χ2v) is 5.33. The van der Waals surface area contributed by atoms with E-state index < -0.39 is 5.82 Å². The number of rotatable bonds is 4. The molecule has 1 aromatic carbocycles. The monoisotopic (exact) mass is 315 g/mol. The van der Waals surface area contributed by atoms with Gasteiger partial charge in [0.25, 0.3) is 0 Å². The molecule has 0 fully saturated rings. The second kappa shape index (κ2) is 5.62. The van der Waals surface area contributed by atoms with Gasteiger partial charge in [0.05, 0.1) is 0 Å². The van der Waals surface area contributed by atoms with Crippen LogP contribution in [0.1, 0.15) is 11.0 Å². The number of benzene rings is 1. The second-order valence-electron chi connectivity index (χ2n) is 3.43. The third-order valence-corrected chi connectivity index (χ3v) is 3.70. The van der Waals surface area contributed by atoms with Gasteiger partial charge in [0, 0.05) is 15.9 Å². The molecule has 0 amide bonds. The Morgan fingerprint density at radius 3 is 2.82 bits per heavy atom. The van der Waals surface area contributed by atoms with Gasteiger partial charge in [-0.05, 0) is 29.6 Å². The number of halogens is 2. The van der Waals surface area contributed by atoms with E-state index in [9.17, 15) is 4.39 Å². The number of nitrogens with two attached hydrogens (primary N) is 1. The number of hydrogen-bond donors (Lipinski definition) is 1. The molecule has 2 rings (SSSR count). The fourth-order valence-electron chi connectivity index (χ4n) is 1.42. The predicted molar refractivity (Wildman–Crippen MR) is 70.8 cm³/mol. The topological polar surface area (TPSA) is 35.2 Å². The first-order valence-electron chi connectivity index (χ1n) is 5.06. The molecule has 1 unspecified atom stereocenters. The summed E-state index contributed by atoms with van der Waals surface area (Å²) in [6.07, 6.45) is -0.300. The summed E-state index contributed by atoms with van der Waals surface area (Å²) in [5.41, 5.74) is 5.64. The van der Waals surface area contributed by atoms with Crippen LogP contribution in [0.5, 0.6) is 5.75 Å². The van der Waals surface area contributed by atoms with Crippen molar-refractivity contribution in [1.82, 2.24) is 0 Å². The highest BCUT2D eigenvalue weighted by atomic mass is 79.9. The Labute approximate surface area is 111 Å². The van der Waals surface area contributed by atoms with Gasteiger partial charge in [0.15, 0.2) is 11.6 Å². The van der Waals surface area contributed by atoms with Crippen LogP contribution in [0, 0.1) is 5.82 Å². The Balaban J connectivity index is 2.19. The number of hydrogen-bond acceptors (Lipinski definition) is 3. The lowest BCUT2D eigenvalue weighted by atomic mass is 10.2. The minimum Gasteiger partial charge on any atom is -0.480 e. The fraction of sp³-hybridized carbons (Fsp3) is 0.167. The van der Waals surface area contributed by atoms with E-state index in [0.717, 1.165) is 4.88 Å². The minimum atomic E-state index is -0.394. The van der Waals surface area contributed by atoms with Crippen LogP contribution in [0.3, 0.4) is 0 Å². The van der Waals surface area contributed by atoms with Crippen LogP contribution < -0.4 is 10.5 Å². The van der Waals surface area contributed by atoms with Crippen molar-refractivity contribution in [3.8, 4) is 5.75 Å². The van der Waals surface area contributed by atoms with E-state index in [1.165, 1.54) is 6.07 Å².